The molecule has 2 aromatic rings. The Morgan fingerprint density at radius 2 is 1.90 bits per heavy atom. The molecule has 3 nitrogen and oxygen atoms in total. The molecule has 1 amide bonds. The number of carbonyl (C=O) groups excluding carboxylic acids is 1. The minimum absolute atomic E-state index is 0.0195. The Morgan fingerprint density at radius 1 is 1.25 bits per heavy atom. The van der Waals surface area contributed by atoms with E-state index >= 15 is 0 Å². The zero-order chi connectivity index (χ0) is 14.7. The van der Waals surface area contributed by atoms with Gasteiger partial charge in [-0.1, -0.05) is 12.1 Å². The van der Waals surface area contributed by atoms with Crippen molar-refractivity contribution in [1.82, 2.24) is 4.90 Å². The van der Waals surface area contributed by atoms with Gasteiger partial charge < -0.3 is 10.0 Å². The molecule has 0 fully saturated rings. The highest BCUT2D eigenvalue weighted by atomic mass is 79.9. The van der Waals surface area contributed by atoms with Gasteiger partial charge in [0.25, 0.3) is 5.91 Å². The molecule has 0 radical (unpaired) electrons. The molecule has 5 heteroatoms. The Bertz CT molecular complexity index is 628. The van der Waals surface area contributed by atoms with Crippen LogP contribution < -0.4 is 0 Å². The highest BCUT2D eigenvalue weighted by molar-refractivity contribution is 9.10. The van der Waals surface area contributed by atoms with E-state index in [0.717, 1.165) is 5.56 Å². The Kier molecular flexibility index (Phi) is 4.39. The number of nitrogens with zero attached hydrogens (tertiary/aromatic N) is 1. The summed E-state index contributed by atoms with van der Waals surface area (Å²) in [6, 6.07) is 10.7. The normalized spacial score (nSPS) is 10.3. The predicted octanol–water partition coefficient (Wildman–Crippen LogP) is 3.57. The first-order chi connectivity index (χ1) is 9.47. The van der Waals surface area contributed by atoms with Crippen LogP contribution in [0.15, 0.2) is 46.9 Å². The smallest absolute Gasteiger partial charge is 0.254 e. The Hall–Kier alpha value is -1.88. The third-order valence-corrected chi connectivity index (χ3v) is 3.54. The van der Waals surface area contributed by atoms with Gasteiger partial charge in [-0.25, -0.2) is 4.39 Å². The molecule has 0 aliphatic rings. The lowest BCUT2D eigenvalue weighted by Crippen LogP contribution is -2.26. The molecule has 2 rings (SSSR count). The van der Waals surface area contributed by atoms with E-state index in [0.29, 0.717) is 16.6 Å². The van der Waals surface area contributed by atoms with Crippen molar-refractivity contribution in [3.05, 3.63) is 63.9 Å². The van der Waals surface area contributed by atoms with Crippen LogP contribution in [0.4, 0.5) is 4.39 Å². The van der Waals surface area contributed by atoms with Crippen LogP contribution in [0.1, 0.15) is 15.9 Å². The van der Waals surface area contributed by atoms with Crippen LogP contribution in [0.2, 0.25) is 0 Å². The largest absolute Gasteiger partial charge is 0.507 e. The molecular formula is C15H13BrFNO2. The van der Waals surface area contributed by atoms with Gasteiger partial charge in [0.1, 0.15) is 11.6 Å². The number of phenols is 1. The summed E-state index contributed by atoms with van der Waals surface area (Å²) in [6.07, 6.45) is 0. The standard InChI is InChI=1S/C15H13BrFNO2/c1-18(9-10-2-5-12(17)6-3-10)15(20)11-4-7-13(16)14(19)8-11/h2-8,19H,9H2,1H3. The summed E-state index contributed by atoms with van der Waals surface area (Å²) in [6.45, 7) is 0.371. The van der Waals surface area contributed by atoms with Crippen molar-refractivity contribution in [3.63, 3.8) is 0 Å². The number of rotatable bonds is 3. The van der Waals surface area contributed by atoms with E-state index in [2.05, 4.69) is 15.9 Å². The minimum Gasteiger partial charge on any atom is -0.507 e. The third-order valence-electron chi connectivity index (χ3n) is 2.87. The second-order valence-electron chi connectivity index (χ2n) is 4.45. The van der Waals surface area contributed by atoms with E-state index in [1.807, 2.05) is 0 Å². The Balaban J connectivity index is 2.11. The van der Waals surface area contributed by atoms with Gasteiger partial charge in [-0.2, -0.15) is 0 Å². The summed E-state index contributed by atoms with van der Waals surface area (Å²) >= 11 is 3.17. The number of hydrogen-bond acceptors (Lipinski definition) is 2. The highest BCUT2D eigenvalue weighted by Gasteiger charge is 2.13. The van der Waals surface area contributed by atoms with Crippen LogP contribution in [0.25, 0.3) is 0 Å². The van der Waals surface area contributed by atoms with Crippen LogP contribution in [-0.2, 0) is 6.54 Å². The number of benzene rings is 2. The van der Waals surface area contributed by atoms with Gasteiger partial charge >= 0.3 is 0 Å². The molecular weight excluding hydrogens is 325 g/mol. The number of hydrogen-bond donors (Lipinski definition) is 1. The van der Waals surface area contributed by atoms with Crippen molar-refractivity contribution in [2.45, 2.75) is 6.54 Å². The summed E-state index contributed by atoms with van der Waals surface area (Å²) in [5, 5.41) is 9.59. The Labute approximate surface area is 124 Å². The van der Waals surface area contributed by atoms with E-state index in [1.165, 1.54) is 23.1 Å². The fourth-order valence-electron chi connectivity index (χ4n) is 1.80. The van der Waals surface area contributed by atoms with E-state index < -0.39 is 0 Å². The summed E-state index contributed by atoms with van der Waals surface area (Å²) in [4.78, 5) is 13.7. The molecule has 0 aliphatic heterocycles. The lowest BCUT2D eigenvalue weighted by atomic mass is 10.1. The van der Waals surface area contributed by atoms with Crippen LogP contribution in [-0.4, -0.2) is 23.0 Å². The molecule has 104 valence electrons. The lowest BCUT2D eigenvalue weighted by Gasteiger charge is -2.17. The van der Waals surface area contributed by atoms with Crippen LogP contribution in [0.5, 0.6) is 5.75 Å². The highest BCUT2D eigenvalue weighted by Crippen LogP contribution is 2.25. The maximum atomic E-state index is 12.8. The molecule has 2 aromatic carbocycles. The molecule has 1 N–H and O–H groups in total. The first-order valence-electron chi connectivity index (χ1n) is 5.96. The van der Waals surface area contributed by atoms with Gasteiger partial charge in [-0.3, -0.25) is 4.79 Å². The summed E-state index contributed by atoms with van der Waals surface area (Å²) in [5.41, 5.74) is 1.24. The summed E-state index contributed by atoms with van der Waals surface area (Å²) in [5.74, 6) is -0.497. The fourth-order valence-corrected chi connectivity index (χ4v) is 2.05. The predicted molar refractivity (Wildman–Crippen MR) is 78.0 cm³/mol. The number of halogens is 2. The van der Waals surface area contributed by atoms with Crippen molar-refractivity contribution in [1.29, 1.82) is 0 Å². The molecule has 0 aromatic heterocycles. The zero-order valence-electron chi connectivity index (χ0n) is 10.8. The van der Waals surface area contributed by atoms with Crippen molar-refractivity contribution >= 4 is 21.8 Å². The van der Waals surface area contributed by atoms with E-state index in [1.54, 1.807) is 31.3 Å². The first-order valence-corrected chi connectivity index (χ1v) is 6.75. The van der Waals surface area contributed by atoms with Gasteiger partial charge in [0, 0.05) is 19.2 Å². The molecule has 0 unspecified atom stereocenters. The second kappa shape index (κ2) is 6.05. The van der Waals surface area contributed by atoms with Gasteiger partial charge in [0.2, 0.25) is 0 Å². The SMILES string of the molecule is CN(Cc1ccc(F)cc1)C(=O)c1ccc(Br)c(O)c1. The second-order valence-corrected chi connectivity index (χ2v) is 5.31. The fraction of sp³-hybridized carbons (Fsp3) is 0.133. The molecule has 0 saturated heterocycles. The first kappa shape index (κ1) is 14.5. The lowest BCUT2D eigenvalue weighted by molar-refractivity contribution is 0.0784. The van der Waals surface area contributed by atoms with E-state index in [-0.39, 0.29) is 17.5 Å². The van der Waals surface area contributed by atoms with Crippen molar-refractivity contribution < 1.29 is 14.3 Å². The summed E-state index contributed by atoms with van der Waals surface area (Å²) in [7, 11) is 1.66. The van der Waals surface area contributed by atoms with Crippen molar-refractivity contribution in [3.8, 4) is 5.75 Å². The monoisotopic (exact) mass is 337 g/mol. The average Bonchev–Trinajstić information content (AvgIpc) is 2.43. The number of carbonyl (C=O) groups is 1. The number of aromatic hydroxyl groups is 1. The molecule has 20 heavy (non-hydrogen) atoms. The number of phenolic OH excluding ortho intramolecular Hbond substituents is 1. The molecule has 0 aliphatic carbocycles. The average molecular weight is 338 g/mol. The topological polar surface area (TPSA) is 40.5 Å². The molecule has 0 spiro atoms. The minimum atomic E-state index is -0.305. The van der Waals surface area contributed by atoms with Crippen LogP contribution in [0.3, 0.4) is 0 Å². The van der Waals surface area contributed by atoms with Gasteiger partial charge in [0.15, 0.2) is 0 Å². The zero-order valence-corrected chi connectivity index (χ0v) is 12.4. The van der Waals surface area contributed by atoms with Gasteiger partial charge in [0.05, 0.1) is 4.47 Å². The Morgan fingerprint density at radius 3 is 2.50 bits per heavy atom. The maximum Gasteiger partial charge on any atom is 0.254 e. The van der Waals surface area contributed by atoms with E-state index in [9.17, 15) is 14.3 Å². The van der Waals surface area contributed by atoms with E-state index in [4.69, 9.17) is 0 Å². The maximum absolute atomic E-state index is 12.8. The quantitative estimate of drug-likeness (QED) is 0.930. The van der Waals surface area contributed by atoms with Crippen molar-refractivity contribution in [2.75, 3.05) is 7.05 Å². The third kappa shape index (κ3) is 3.36. The molecule has 0 heterocycles. The molecule has 0 atom stereocenters. The molecule has 0 saturated carbocycles. The van der Waals surface area contributed by atoms with Crippen LogP contribution in [0, 0.1) is 5.82 Å². The van der Waals surface area contributed by atoms with Gasteiger partial charge in [-0.15, -0.1) is 0 Å². The number of amides is 1. The van der Waals surface area contributed by atoms with Gasteiger partial charge in [-0.05, 0) is 51.8 Å². The summed E-state index contributed by atoms with van der Waals surface area (Å²) < 4.78 is 13.4. The van der Waals surface area contributed by atoms with Crippen molar-refractivity contribution in [2.24, 2.45) is 0 Å². The van der Waals surface area contributed by atoms with Crippen LogP contribution >= 0.6 is 15.9 Å². The molecule has 0 bridgehead atoms.